The Morgan fingerprint density at radius 3 is 2.69 bits per heavy atom. The van der Waals surface area contributed by atoms with Gasteiger partial charge in [-0.05, 0) is 37.0 Å². The van der Waals surface area contributed by atoms with Crippen molar-refractivity contribution in [2.24, 2.45) is 0 Å². The molecule has 39 heavy (non-hydrogen) atoms. The van der Waals surface area contributed by atoms with Crippen molar-refractivity contribution in [1.82, 2.24) is 19.3 Å². The molecule has 2 aliphatic rings. The summed E-state index contributed by atoms with van der Waals surface area (Å²) in [4.78, 5) is 23.8. The number of alkyl halides is 2. The van der Waals surface area contributed by atoms with Gasteiger partial charge in [0.2, 0.25) is 5.91 Å². The minimum absolute atomic E-state index is 0.0434. The van der Waals surface area contributed by atoms with Crippen LogP contribution in [-0.4, -0.2) is 42.9 Å². The maximum absolute atomic E-state index is 13.2. The molecule has 4 heterocycles. The Morgan fingerprint density at radius 2 is 1.92 bits per heavy atom. The van der Waals surface area contributed by atoms with Crippen LogP contribution in [0.2, 0.25) is 0 Å². The third-order valence-corrected chi connectivity index (χ3v) is 8.00. The normalized spacial score (nSPS) is 20.8. The molecule has 0 radical (unpaired) electrons. The number of nitrogens with two attached hydrogens (primary N) is 1. The number of nitrogen functional groups attached to an aromatic ring is 1. The summed E-state index contributed by atoms with van der Waals surface area (Å²) >= 11 is 0. The number of aliphatic hydroxyl groups is 1. The molecule has 7 nitrogen and oxygen atoms in total. The van der Waals surface area contributed by atoms with Gasteiger partial charge in [-0.25, -0.2) is 18.7 Å². The molecule has 2 aliphatic heterocycles. The number of piperidine rings is 1. The van der Waals surface area contributed by atoms with Gasteiger partial charge in [0.15, 0.2) is 0 Å². The lowest BCUT2D eigenvalue weighted by molar-refractivity contribution is -0.133. The third-order valence-electron chi connectivity index (χ3n) is 8.00. The van der Waals surface area contributed by atoms with Gasteiger partial charge in [0.1, 0.15) is 28.5 Å². The van der Waals surface area contributed by atoms with Crippen molar-refractivity contribution in [3.63, 3.8) is 0 Å². The molecule has 0 aliphatic carbocycles. The second-order valence-electron chi connectivity index (χ2n) is 10.4. The molecule has 2 aromatic carbocycles. The molecule has 1 saturated heterocycles. The van der Waals surface area contributed by atoms with Crippen molar-refractivity contribution < 1.29 is 18.7 Å². The molecule has 1 fully saturated rings. The Bertz CT molecular complexity index is 1580. The molecular weight excluding hydrogens is 500 g/mol. The Labute approximate surface area is 224 Å². The molecule has 6 rings (SSSR count). The predicted octanol–water partition coefficient (Wildman–Crippen LogP) is 5.21. The molecule has 9 heteroatoms. The zero-order valence-electron chi connectivity index (χ0n) is 21.5. The number of anilines is 1. The first-order valence-corrected chi connectivity index (χ1v) is 13.0. The van der Waals surface area contributed by atoms with Gasteiger partial charge in [0, 0.05) is 42.4 Å². The van der Waals surface area contributed by atoms with Gasteiger partial charge < -0.3 is 15.7 Å². The van der Waals surface area contributed by atoms with E-state index in [2.05, 4.69) is 11.1 Å². The quantitative estimate of drug-likeness (QED) is 0.346. The van der Waals surface area contributed by atoms with Crippen LogP contribution in [0.4, 0.5) is 14.6 Å². The number of imidazole rings is 1. The lowest BCUT2D eigenvalue weighted by Gasteiger charge is -2.39. The van der Waals surface area contributed by atoms with E-state index in [4.69, 9.17) is 10.7 Å². The van der Waals surface area contributed by atoms with Gasteiger partial charge in [-0.2, -0.15) is 0 Å². The van der Waals surface area contributed by atoms with Gasteiger partial charge in [-0.1, -0.05) is 54.6 Å². The Hall–Kier alpha value is -4.11. The average Bonchev–Trinajstić information content (AvgIpc) is 3.34. The minimum atomic E-state index is -2.62. The van der Waals surface area contributed by atoms with E-state index in [-0.39, 0.29) is 23.4 Å². The van der Waals surface area contributed by atoms with Crippen LogP contribution in [0.15, 0.2) is 73.1 Å². The molecule has 0 bridgehead atoms. The third kappa shape index (κ3) is 4.36. The maximum Gasteiger partial charge on any atom is 0.263 e. The fourth-order valence-electron chi connectivity index (χ4n) is 5.81. The number of fused-ring (bicyclic) bond motifs is 2. The van der Waals surface area contributed by atoms with Crippen LogP contribution in [0.25, 0.3) is 16.8 Å². The van der Waals surface area contributed by atoms with Crippen molar-refractivity contribution in [1.29, 1.82) is 0 Å². The van der Waals surface area contributed by atoms with E-state index in [9.17, 15) is 18.7 Å². The summed E-state index contributed by atoms with van der Waals surface area (Å²) in [5, 5.41) is 11.3. The van der Waals surface area contributed by atoms with Crippen molar-refractivity contribution in [2.45, 2.75) is 50.2 Å². The Balaban J connectivity index is 1.36. The molecule has 1 amide bonds. The predicted molar refractivity (Wildman–Crippen MR) is 144 cm³/mol. The average molecular weight is 530 g/mol. The van der Waals surface area contributed by atoms with E-state index >= 15 is 0 Å². The van der Waals surface area contributed by atoms with Crippen molar-refractivity contribution in [3.8, 4) is 11.3 Å². The van der Waals surface area contributed by atoms with E-state index in [1.165, 1.54) is 18.2 Å². The molecule has 3 atom stereocenters. The number of nitrogens with zero attached hydrogens (tertiary/aromatic N) is 4. The molecule has 200 valence electrons. The smallest absolute Gasteiger partial charge is 0.263 e. The number of carbonyl (C=O) groups excluding carboxylic acids is 1. The molecule has 0 saturated carbocycles. The summed E-state index contributed by atoms with van der Waals surface area (Å²) in [7, 11) is 0. The highest BCUT2D eigenvalue weighted by Crippen LogP contribution is 2.38. The van der Waals surface area contributed by atoms with E-state index in [1.807, 2.05) is 33.7 Å². The number of rotatable bonds is 5. The number of halogens is 2. The van der Waals surface area contributed by atoms with E-state index in [0.29, 0.717) is 41.1 Å². The SMILES string of the molecule is C[C@@](O)(c1ccc(-c2nc([C@@H]3CC[C@H]4C=CCC(=O)N4C3)n3ccnc(N)c23)cc1)c1cccc(C(F)F)c1. The van der Waals surface area contributed by atoms with Crippen LogP contribution in [0, 0.1) is 0 Å². The summed E-state index contributed by atoms with van der Waals surface area (Å²) in [6, 6.07) is 13.2. The van der Waals surface area contributed by atoms with E-state index in [0.717, 1.165) is 24.2 Å². The monoisotopic (exact) mass is 529 g/mol. The zero-order chi connectivity index (χ0) is 27.3. The summed E-state index contributed by atoms with van der Waals surface area (Å²) in [5.41, 5.74) is 7.79. The van der Waals surface area contributed by atoms with Crippen molar-refractivity contribution in [2.75, 3.05) is 12.3 Å². The minimum Gasteiger partial charge on any atom is -0.382 e. The molecular formula is C30H29F2N5O2. The first-order chi connectivity index (χ1) is 18.7. The molecule has 0 spiro atoms. The summed E-state index contributed by atoms with van der Waals surface area (Å²) in [6.45, 7) is 2.18. The molecule has 2 aromatic heterocycles. The van der Waals surface area contributed by atoms with Crippen molar-refractivity contribution >= 4 is 17.2 Å². The van der Waals surface area contributed by atoms with Crippen molar-refractivity contribution in [3.05, 3.63) is 95.6 Å². The first kappa shape index (κ1) is 25.2. The number of benzene rings is 2. The highest BCUT2D eigenvalue weighted by Gasteiger charge is 2.35. The van der Waals surface area contributed by atoms with Crippen LogP contribution < -0.4 is 5.73 Å². The summed E-state index contributed by atoms with van der Waals surface area (Å²) < 4.78 is 28.5. The second-order valence-corrected chi connectivity index (χ2v) is 10.4. The van der Waals surface area contributed by atoms with Crippen LogP contribution in [-0.2, 0) is 10.4 Å². The first-order valence-electron chi connectivity index (χ1n) is 13.0. The lowest BCUT2D eigenvalue weighted by atomic mass is 9.87. The summed E-state index contributed by atoms with van der Waals surface area (Å²) in [6.07, 6.45) is 7.13. The Morgan fingerprint density at radius 1 is 1.13 bits per heavy atom. The Kier molecular flexibility index (Phi) is 6.18. The van der Waals surface area contributed by atoms with Gasteiger partial charge in [0.05, 0.1) is 6.04 Å². The standard InChI is InChI=1S/C30H29F2N5O2/c1-30(39,22-5-2-4-19(16-22)27(31)32)21-11-8-18(9-12-21)25-26-28(33)34-14-15-36(26)29(35-25)20-10-13-23-6-3-7-24(38)37(23)17-20/h2-6,8-9,11-12,14-16,20,23,27,39H,7,10,13,17H2,1H3,(H2,33,34)/t20-,23-,30-/m1/s1. The van der Waals surface area contributed by atoms with Crippen LogP contribution in [0.1, 0.15) is 61.0 Å². The number of amides is 1. The summed E-state index contributed by atoms with van der Waals surface area (Å²) in [5.74, 6) is 1.35. The topological polar surface area (TPSA) is 96.8 Å². The fraction of sp³-hybridized carbons (Fsp3) is 0.300. The lowest BCUT2D eigenvalue weighted by Crippen LogP contribution is -2.47. The van der Waals surface area contributed by atoms with Gasteiger partial charge in [-0.15, -0.1) is 0 Å². The van der Waals surface area contributed by atoms with E-state index in [1.54, 1.807) is 31.3 Å². The molecule has 0 unspecified atom stereocenters. The van der Waals surface area contributed by atoms with Gasteiger partial charge in [-0.3, -0.25) is 9.20 Å². The molecule has 3 N–H and O–H groups in total. The zero-order valence-corrected chi connectivity index (χ0v) is 21.5. The fourth-order valence-corrected chi connectivity index (χ4v) is 5.81. The maximum atomic E-state index is 13.2. The van der Waals surface area contributed by atoms with E-state index < -0.39 is 12.0 Å². The number of hydrogen-bond acceptors (Lipinski definition) is 5. The highest BCUT2D eigenvalue weighted by atomic mass is 19.3. The molecule has 4 aromatic rings. The number of aromatic nitrogens is 3. The number of carbonyl (C=O) groups is 1. The number of hydrogen-bond donors (Lipinski definition) is 2. The second kappa shape index (κ2) is 9.57. The van der Waals surface area contributed by atoms with Crippen LogP contribution in [0.3, 0.4) is 0 Å². The van der Waals surface area contributed by atoms with Gasteiger partial charge >= 0.3 is 0 Å². The van der Waals surface area contributed by atoms with Gasteiger partial charge in [0.25, 0.3) is 6.43 Å². The highest BCUT2D eigenvalue weighted by molar-refractivity contribution is 5.85. The van der Waals surface area contributed by atoms with Crippen LogP contribution in [0.5, 0.6) is 0 Å². The van der Waals surface area contributed by atoms with Crippen LogP contribution >= 0.6 is 0 Å². The largest absolute Gasteiger partial charge is 0.382 e.